The van der Waals surface area contributed by atoms with Gasteiger partial charge in [-0.1, -0.05) is 67.1 Å². The van der Waals surface area contributed by atoms with Crippen LogP contribution in [0.1, 0.15) is 55.3 Å². The summed E-state index contributed by atoms with van der Waals surface area (Å²) in [7, 11) is 0. The van der Waals surface area contributed by atoms with Crippen LogP contribution in [0.25, 0.3) is 0 Å². The highest BCUT2D eigenvalue weighted by molar-refractivity contribution is 5.84. The summed E-state index contributed by atoms with van der Waals surface area (Å²) in [5.74, 6) is -0.633. The molecule has 0 spiro atoms. The molecule has 0 saturated carbocycles. The Morgan fingerprint density at radius 1 is 0.962 bits per heavy atom. The van der Waals surface area contributed by atoms with E-state index in [2.05, 4.69) is 5.32 Å². The third-order valence-electron chi connectivity index (χ3n) is 4.40. The number of amides is 1. The second-order valence-corrected chi connectivity index (χ2v) is 6.35. The first kappa shape index (κ1) is 19.7. The van der Waals surface area contributed by atoms with E-state index in [-0.39, 0.29) is 24.2 Å². The molecule has 0 aliphatic heterocycles. The van der Waals surface area contributed by atoms with Gasteiger partial charge < -0.3 is 10.1 Å². The molecule has 0 unspecified atom stereocenters. The van der Waals surface area contributed by atoms with E-state index in [1.54, 1.807) is 6.92 Å². The van der Waals surface area contributed by atoms with Crippen LogP contribution in [0.2, 0.25) is 0 Å². The fraction of sp³-hybridized carbons (Fsp3) is 0.364. The lowest BCUT2D eigenvalue weighted by molar-refractivity contribution is -0.143. The first-order valence-electron chi connectivity index (χ1n) is 9.12. The molecular weight excluding hydrogens is 326 g/mol. The molecule has 1 amide bonds. The maximum Gasteiger partial charge on any atom is 0.308 e. The Kier molecular flexibility index (Phi) is 7.39. The average molecular weight is 353 g/mol. The van der Waals surface area contributed by atoms with Gasteiger partial charge in [-0.3, -0.25) is 9.59 Å². The molecule has 0 aliphatic carbocycles. The van der Waals surface area contributed by atoms with Gasteiger partial charge >= 0.3 is 5.97 Å². The summed E-state index contributed by atoms with van der Waals surface area (Å²) in [5.41, 5.74) is 3.01. The van der Waals surface area contributed by atoms with Crippen molar-refractivity contribution >= 4 is 11.9 Å². The molecule has 0 saturated heterocycles. The predicted octanol–water partition coefficient (Wildman–Crippen LogP) is 4.30. The van der Waals surface area contributed by atoms with Crippen LogP contribution in [-0.4, -0.2) is 18.5 Å². The van der Waals surface area contributed by atoms with Crippen molar-refractivity contribution in [3.63, 3.8) is 0 Å². The number of hydrogen-bond donors (Lipinski definition) is 1. The average Bonchev–Trinajstić information content (AvgIpc) is 2.63. The first-order chi connectivity index (χ1) is 12.5. The van der Waals surface area contributed by atoms with E-state index in [4.69, 9.17) is 4.74 Å². The van der Waals surface area contributed by atoms with Gasteiger partial charge in [-0.15, -0.1) is 0 Å². The number of rotatable bonds is 8. The molecule has 2 aromatic carbocycles. The molecule has 0 radical (unpaired) electrons. The minimum atomic E-state index is -0.403. The lowest BCUT2D eigenvalue weighted by atomic mass is 9.94. The maximum atomic E-state index is 12.9. The highest BCUT2D eigenvalue weighted by atomic mass is 16.5. The van der Waals surface area contributed by atoms with E-state index in [1.165, 1.54) is 0 Å². The van der Waals surface area contributed by atoms with E-state index >= 15 is 0 Å². The normalized spacial score (nSPS) is 12.9. The third-order valence-corrected chi connectivity index (χ3v) is 4.40. The molecule has 0 aromatic heterocycles. The maximum absolute atomic E-state index is 12.9. The molecule has 4 nitrogen and oxygen atoms in total. The summed E-state index contributed by atoms with van der Waals surface area (Å²) in [6.45, 7) is 6.10. The molecule has 26 heavy (non-hydrogen) atoms. The summed E-state index contributed by atoms with van der Waals surface area (Å²) < 4.78 is 5.08. The number of hydrogen-bond acceptors (Lipinski definition) is 3. The second-order valence-electron chi connectivity index (χ2n) is 6.35. The van der Waals surface area contributed by atoms with E-state index < -0.39 is 6.04 Å². The summed E-state index contributed by atoms with van der Waals surface area (Å²) in [6.07, 6.45) is 0.809. The lowest BCUT2D eigenvalue weighted by Crippen LogP contribution is -2.34. The number of benzene rings is 2. The Hall–Kier alpha value is -2.62. The van der Waals surface area contributed by atoms with Crippen LogP contribution in [-0.2, 0) is 14.3 Å². The summed E-state index contributed by atoms with van der Waals surface area (Å²) in [5, 5.41) is 3.05. The zero-order valence-electron chi connectivity index (χ0n) is 15.7. The molecular formula is C22H27NO3. The van der Waals surface area contributed by atoms with Crippen molar-refractivity contribution in [1.29, 1.82) is 0 Å². The number of nitrogens with one attached hydrogen (secondary N) is 1. The quantitative estimate of drug-likeness (QED) is 0.720. The van der Waals surface area contributed by atoms with Crippen LogP contribution in [0.15, 0.2) is 54.6 Å². The van der Waals surface area contributed by atoms with Gasteiger partial charge in [0.25, 0.3) is 0 Å². The van der Waals surface area contributed by atoms with E-state index in [1.807, 2.05) is 68.4 Å². The minimum absolute atomic E-state index is 0.0754. The summed E-state index contributed by atoms with van der Waals surface area (Å²) in [6, 6.07) is 17.2. The Bertz CT molecular complexity index is 710. The number of esters is 1. The van der Waals surface area contributed by atoms with Crippen LogP contribution in [0.4, 0.5) is 0 Å². The van der Waals surface area contributed by atoms with E-state index in [0.717, 1.165) is 16.7 Å². The van der Waals surface area contributed by atoms with Gasteiger partial charge in [0.2, 0.25) is 5.91 Å². The minimum Gasteiger partial charge on any atom is -0.466 e. The van der Waals surface area contributed by atoms with Gasteiger partial charge in [-0.05, 0) is 31.4 Å². The van der Waals surface area contributed by atoms with Crippen LogP contribution >= 0.6 is 0 Å². The van der Waals surface area contributed by atoms with Crippen molar-refractivity contribution in [2.45, 2.75) is 45.6 Å². The van der Waals surface area contributed by atoms with E-state index in [0.29, 0.717) is 13.0 Å². The molecule has 0 heterocycles. The third kappa shape index (κ3) is 5.45. The Balaban J connectivity index is 2.20. The molecule has 1 N–H and O–H groups in total. The van der Waals surface area contributed by atoms with Crippen LogP contribution in [0, 0.1) is 6.92 Å². The number of carbonyl (C=O) groups excluding carboxylic acids is 2. The monoisotopic (exact) mass is 353 g/mol. The highest BCUT2D eigenvalue weighted by Crippen LogP contribution is 2.23. The summed E-state index contributed by atoms with van der Waals surface area (Å²) >= 11 is 0. The van der Waals surface area contributed by atoms with Crippen molar-refractivity contribution < 1.29 is 14.3 Å². The van der Waals surface area contributed by atoms with Crippen LogP contribution in [0.3, 0.4) is 0 Å². The van der Waals surface area contributed by atoms with Crippen molar-refractivity contribution in [2.75, 3.05) is 6.61 Å². The summed E-state index contributed by atoms with van der Waals surface area (Å²) in [4.78, 5) is 24.9. The molecule has 138 valence electrons. The van der Waals surface area contributed by atoms with Gasteiger partial charge in [0.05, 0.1) is 25.0 Å². The van der Waals surface area contributed by atoms with Gasteiger partial charge in [-0.2, -0.15) is 0 Å². The van der Waals surface area contributed by atoms with E-state index in [9.17, 15) is 9.59 Å². The number of ether oxygens (including phenoxy) is 1. The fourth-order valence-corrected chi connectivity index (χ4v) is 2.97. The molecule has 0 aliphatic rings. The highest BCUT2D eigenvalue weighted by Gasteiger charge is 2.24. The molecule has 2 atom stereocenters. The van der Waals surface area contributed by atoms with Crippen molar-refractivity contribution in [3.05, 3.63) is 71.3 Å². The first-order valence-corrected chi connectivity index (χ1v) is 9.12. The fourth-order valence-electron chi connectivity index (χ4n) is 2.97. The van der Waals surface area contributed by atoms with Gasteiger partial charge in [0.15, 0.2) is 0 Å². The van der Waals surface area contributed by atoms with Crippen molar-refractivity contribution in [2.24, 2.45) is 0 Å². The van der Waals surface area contributed by atoms with Crippen LogP contribution in [0.5, 0.6) is 0 Å². The topological polar surface area (TPSA) is 55.4 Å². The Morgan fingerprint density at radius 2 is 1.62 bits per heavy atom. The molecule has 0 bridgehead atoms. The standard InChI is InChI=1S/C22H27NO3/c1-4-19(17-9-7-6-8-10-17)22(25)23-20(15-21(24)26-5-2)18-13-11-16(3)12-14-18/h6-14,19-20H,4-5,15H2,1-3H3,(H,23,25)/t19-,20-/m1/s1. The molecule has 2 aromatic rings. The smallest absolute Gasteiger partial charge is 0.308 e. The van der Waals surface area contributed by atoms with Gasteiger partial charge in [0, 0.05) is 0 Å². The zero-order chi connectivity index (χ0) is 18.9. The Labute approximate surface area is 155 Å². The van der Waals surface area contributed by atoms with Crippen molar-refractivity contribution in [1.82, 2.24) is 5.32 Å². The van der Waals surface area contributed by atoms with Crippen molar-refractivity contribution in [3.8, 4) is 0 Å². The largest absolute Gasteiger partial charge is 0.466 e. The zero-order valence-corrected chi connectivity index (χ0v) is 15.7. The second kappa shape index (κ2) is 9.76. The van der Waals surface area contributed by atoms with Gasteiger partial charge in [-0.25, -0.2) is 0 Å². The SMILES string of the molecule is CCOC(=O)C[C@@H](NC(=O)[C@H](CC)c1ccccc1)c1ccc(C)cc1. The van der Waals surface area contributed by atoms with Crippen LogP contribution < -0.4 is 5.32 Å². The number of aryl methyl sites for hydroxylation is 1. The van der Waals surface area contributed by atoms with Gasteiger partial charge in [0.1, 0.15) is 0 Å². The molecule has 0 fully saturated rings. The predicted molar refractivity (Wildman–Crippen MR) is 103 cm³/mol. The molecule has 4 heteroatoms. The Morgan fingerprint density at radius 3 is 2.19 bits per heavy atom. The lowest BCUT2D eigenvalue weighted by Gasteiger charge is -2.22. The number of carbonyl (C=O) groups is 2. The molecule has 2 rings (SSSR count).